The largest absolute Gasteiger partial charge is 0.493 e. The molecule has 21 heavy (non-hydrogen) atoms. The van der Waals surface area contributed by atoms with Crippen LogP contribution in [0.15, 0.2) is 18.2 Å². The lowest BCUT2D eigenvalue weighted by atomic mass is 9.92. The monoisotopic (exact) mass is 292 g/mol. The van der Waals surface area contributed by atoms with E-state index in [2.05, 4.69) is 17.6 Å². The molecule has 1 aliphatic rings. The van der Waals surface area contributed by atoms with E-state index in [4.69, 9.17) is 9.47 Å². The minimum atomic E-state index is 0.112. The Morgan fingerprint density at radius 1 is 1.33 bits per heavy atom. The first kappa shape index (κ1) is 15.6. The minimum absolute atomic E-state index is 0.112. The highest BCUT2D eigenvalue weighted by molar-refractivity contribution is 5.78. The van der Waals surface area contributed by atoms with E-state index < -0.39 is 0 Å². The van der Waals surface area contributed by atoms with E-state index in [-0.39, 0.29) is 11.8 Å². The Morgan fingerprint density at radius 3 is 2.76 bits per heavy atom. The molecule has 5 nitrogen and oxygen atoms in total. The number of carbonyl (C=O) groups excluding carboxylic acids is 1. The lowest BCUT2D eigenvalue weighted by Gasteiger charge is -2.27. The second-order valence-corrected chi connectivity index (χ2v) is 5.48. The SMILES string of the molecule is COc1ccc(CNC(=O)[C@H]2CCN[C@@H](C)C2)cc1OC. The van der Waals surface area contributed by atoms with E-state index in [1.54, 1.807) is 14.2 Å². The molecule has 1 aliphatic heterocycles. The average molecular weight is 292 g/mol. The van der Waals surface area contributed by atoms with Gasteiger partial charge in [-0.1, -0.05) is 6.07 Å². The smallest absolute Gasteiger partial charge is 0.223 e. The Morgan fingerprint density at radius 2 is 2.10 bits per heavy atom. The van der Waals surface area contributed by atoms with Gasteiger partial charge in [-0.15, -0.1) is 0 Å². The lowest BCUT2D eigenvalue weighted by Crippen LogP contribution is -2.42. The van der Waals surface area contributed by atoms with Crippen LogP contribution in [-0.4, -0.2) is 32.7 Å². The van der Waals surface area contributed by atoms with E-state index in [0.29, 0.717) is 24.1 Å². The van der Waals surface area contributed by atoms with Gasteiger partial charge in [0.1, 0.15) is 0 Å². The van der Waals surface area contributed by atoms with Gasteiger partial charge in [-0.05, 0) is 44.0 Å². The third-order valence-corrected chi connectivity index (χ3v) is 3.91. The molecule has 0 spiro atoms. The van der Waals surface area contributed by atoms with Gasteiger partial charge in [0.15, 0.2) is 11.5 Å². The van der Waals surface area contributed by atoms with Gasteiger partial charge in [0.05, 0.1) is 14.2 Å². The summed E-state index contributed by atoms with van der Waals surface area (Å²) in [6.45, 7) is 3.54. The summed E-state index contributed by atoms with van der Waals surface area (Å²) in [7, 11) is 3.22. The summed E-state index contributed by atoms with van der Waals surface area (Å²) < 4.78 is 10.5. The standard InChI is InChI=1S/C16H24N2O3/c1-11-8-13(6-7-17-11)16(19)18-10-12-4-5-14(20-2)15(9-12)21-3/h4-5,9,11,13,17H,6-8,10H2,1-3H3,(H,18,19)/t11-,13-/m0/s1. The van der Waals surface area contributed by atoms with Crippen LogP contribution in [0.25, 0.3) is 0 Å². The highest BCUT2D eigenvalue weighted by Crippen LogP contribution is 2.27. The zero-order valence-corrected chi connectivity index (χ0v) is 12.9. The van der Waals surface area contributed by atoms with Crippen molar-refractivity contribution >= 4 is 5.91 Å². The van der Waals surface area contributed by atoms with Crippen LogP contribution in [0, 0.1) is 5.92 Å². The van der Waals surface area contributed by atoms with Crippen molar-refractivity contribution in [2.75, 3.05) is 20.8 Å². The number of ether oxygens (including phenoxy) is 2. The number of piperidine rings is 1. The van der Waals surface area contributed by atoms with Gasteiger partial charge < -0.3 is 20.1 Å². The van der Waals surface area contributed by atoms with Crippen LogP contribution in [0.5, 0.6) is 11.5 Å². The molecule has 0 radical (unpaired) electrons. The van der Waals surface area contributed by atoms with Crippen LogP contribution >= 0.6 is 0 Å². The van der Waals surface area contributed by atoms with Crippen LogP contribution in [-0.2, 0) is 11.3 Å². The topological polar surface area (TPSA) is 59.6 Å². The molecule has 2 rings (SSSR count). The number of hydrogen-bond acceptors (Lipinski definition) is 4. The van der Waals surface area contributed by atoms with Gasteiger partial charge in [0.2, 0.25) is 5.91 Å². The molecule has 0 saturated carbocycles. The summed E-state index contributed by atoms with van der Waals surface area (Å²) >= 11 is 0. The van der Waals surface area contributed by atoms with Gasteiger partial charge >= 0.3 is 0 Å². The normalized spacial score (nSPS) is 21.7. The number of amides is 1. The number of benzene rings is 1. The van der Waals surface area contributed by atoms with E-state index in [9.17, 15) is 4.79 Å². The zero-order chi connectivity index (χ0) is 15.2. The summed E-state index contributed by atoms with van der Waals surface area (Å²) in [5, 5.41) is 6.37. The second-order valence-electron chi connectivity index (χ2n) is 5.48. The molecule has 1 fully saturated rings. The van der Waals surface area contributed by atoms with Crippen molar-refractivity contribution in [1.29, 1.82) is 0 Å². The predicted molar refractivity (Wildman–Crippen MR) is 81.6 cm³/mol. The first-order valence-corrected chi connectivity index (χ1v) is 7.36. The molecule has 1 saturated heterocycles. The maximum Gasteiger partial charge on any atom is 0.223 e. The van der Waals surface area contributed by atoms with Gasteiger partial charge in [0, 0.05) is 18.5 Å². The molecule has 2 atom stereocenters. The van der Waals surface area contributed by atoms with E-state index >= 15 is 0 Å². The Hall–Kier alpha value is -1.75. The number of rotatable bonds is 5. The average Bonchev–Trinajstić information content (AvgIpc) is 2.52. The number of methoxy groups -OCH3 is 2. The van der Waals surface area contributed by atoms with Gasteiger partial charge in [-0.3, -0.25) is 4.79 Å². The fourth-order valence-electron chi connectivity index (χ4n) is 2.69. The summed E-state index contributed by atoms with van der Waals surface area (Å²) in [6, 6.07) is 6.10. The number of hydrogen-bond donors (Lipinski definition) is 2. The van der Waals surface area contributed by atoms with Crippen molar-refractivity contribution in [3.05, 3.63) is 23.8 Å². The van der Waals surface area contributed by atoms with Crippen molar-refractivity contribution in [3.63, 3.8) is 0 Å². The first-order chi connectivity index (χ1) is 10.1. The zero-order valence-electron chi connectivity index (χ0n) is 12.9. The Labute approximate surface area is 126 Å². The Balaban J connectivity index is 1.91. The van der Waals surface area contributed by atoms with E-state index in [1.807, 2.05) is 18.2 Å². The lowest BCUT2D eigenvalue weighted by molar-refractivity contribution is -0.126. The van der Waals surface area contributed by atoms with Crippen LogP contribution in [0.1, 0.15) is 25.3 Å². The van der Waals surface area contributed by atoms with Crippen molar-refractivity contribution in [1.82, 2.24) is 10.6 Å². The minimum Gasteiger partial charge on any atom is -0.493 e. The molecule has 0 aromatic heterocycles. The quantitative estimate of drug-likeness (QED) is 0.867. The number of nitrogens with one attached hydrogen (secondary N) is 2. The highest BCUT2D eigenvalue weighted by Gasteiger charge is 2.24. The first-order valence-electron chi connectivity index (χ1n) is 7.36. The fraction of sp³-hybridized carbons (Fsp3) is 0.562. The molecule has 1 aromatic carbocycles. The van der Waals surface area contributed by atoms with Crippen LogP contribution < -0.4 is 20.1 Å². The molecule has 1 aromatic rings. The van der Waals surface area contributed by atoms with Crippen LogP contribution in [0.3, 0.4) is 0 Å². The summed E-state index contributed by atoms with van der Waals surface area (Å²) in [5.41, 5.74) is 1.00. The molecular formula is C16H24N2O3. The highest BCUT2D eigenvalue weighted by atomic mass is 16.5. The molecule has 0 unspecified atom stereocenters. The van der Waals surface area contributed by atoms with Crippen LogP contribution in [0.4, 0.5) is 0 Å². The Kier molecular flexibility index (Phi) is 5.44. The third kappa shape index (κ3) is 4.11. The van der Waals surface area contributed by atoms with Crippen LogP contribution in [0.2, 0.25) is 0 Å². The maximum absolute atomic E-state index is 12.2. The number of carbonyl (C=O) groups is 1. The summed E-state index contributed by atoms with van der Waals surface area (Å²) in [5.74, 6) is 1.62. The maximum atomic E-state index is 12.2. The fourth-order valence-corrected chi connectivity index (χ4v) is 2.69. The van der Waals surface area contributed by atoms with E-state index in [1.165, 1.54) is 0 Å². The van der Waals surface area contributed by atoms with Crippen molar-refractivity contribution < 1.29 is 14.3 Å². The molecular weight excluding hydrogens is 268 g/mol. The molecule has 2 N–H and O–H groups in total. The van der Waals surface area contributed by atoms with Gasteiger partial charge in [-0.2, -0.15) is 0 Å². The van der Waals surface area contributed by atoms with Gasteiger partial charge in [0.25, 0.3) is 0 Å². The van der Waals surface area contributed by atoms with Gasteiger partial charge in [-0.25, -0.2) is 0 Å². The molecule has 5 heteroatoms. The third-order valence-electron chi connectivity index (χ3n) is 3.91. The molecule has 1 amide bonds. The Bertz CT molecular complexity index is 490. The summed E-state index contributed by atoms with van der Waals surface area (Å²) in [6.07, 6.45) is 1.81. The summed E-state index contributed by atoms with van der Waals surface area (Å²) in [4.78, 5) is 12.2. The molecule has 0 aliphatic carbocycles. The van der Waals surface area contributed by atoms with Crippen molar-refractivity contribution in [3.8, 4) is 11.5 Å². The van der Waals surface area contributed by atoms with Crippen molar-refractivity contribution in [2.24, 2.45) is 5.92 Å². The van der Waals surface area contributed by atoms with E-state index in [0.717, 1.165) is 24.9 Å². The molecule has 116 valence electrons. The molecule has 0 bridgehead atoms. The predicted octanol–water partition coefficient (Wildman–Crippen LogP) is 1.71. The molecule has 1 heterocycles. The van der Waals surface area contributed by atoms with Crippen molar-refractivity contribution in [2.45, 2.75) is 32.4 Å². The second kappa shape index (κ2) is 7.31.